The highest BCUT2D eigenvalue weighted by molar-refractivity contribution is 7.89. The van der Waals surface area contributed by atoms with Crippen molar-refractivity contribution in [3.8, 4) is 0 Å². The molecule has 5 heteroatoms. The summed E-state index contributed by atoms with van der Waals surface area (Å²) in [7, 11) is -3.04. The number of nitrogens with two attached hydrogens (primary N) is 1. The van der Waals surface area contributed by atoms with E-state index in [-0.39, 0.29) is 11.8 Å². The van der Waals surface area contributed by atoms with E-state index < -0.39 is 10.0 Å². The second kappa shape index (κ2) is 5.09. The van der Waals surface area contributed by atoms with Gasteiger partial charge >= 0.3 is 0 Å². The van der Waals surface area contributed by atoms with Crippen LogP contribution in [0.1, 0.15) is 32.6 Å². The molecular weight excluding hydrogens is 200 g/mol. The average Bonchev–Trinajstić information content (AvgIpc) is 2.01. The monoisotopic (exact) mass is 220 g/mol. The first kappa shape index (κ1) is 11.9. The summed E-state index contributed by atoms with van der Waals surface area (Å²) in [5.41, 5.74) is 5.30. The van der Waals surface area contributed by atoms with Gasteiger partial charge in [-0.3, -0.25) is 0 Å². The number of hydrogen-bond acceptors (Lipinski definition) is 3. The molecule has 0 bridgehead atoms. The van der Waals surface area contributed by atoms with E-state index in [2.05, 4.69) is 11.6 Å². The van der Waals surface area contributed by atoms with E-state index in [0.29, 0.717) is 18.9 Å². The van der Waals surface area contributed by atoms with Crippen LogP contribution in [0.15, 0.2) is 0 Å². The van der Waals surface area contributed by atoms with Gasteiger partial charge in [-0.05, 0) is 38.1 Å². The fraction of sp³-hybridized carbons (Fsp3) is 1.00. The number of nitrogens with one attached hydrogen (secondary N) is 1. The van der Waals surface area contributed by atoms with Crippen molar-refractivity contribution in [2.75, 3.05) is 12.3 Å². The van der Waals surface area contributed by atoms with Gasteiger partial charge in [0.1, 0.15) is 0 Å². The lowest BCUT2D eigenvalue weighted by atomic mass is 9.83. The van der Waals surface area contributed by atoms with E-state index in [1.54, 1.807) is 0 Å². The maximum absolute atomic E-state index is 11.5. The molecular formula is C9H20N2O2S. The van der Waals surface area contributed by atoms with E-state index in [1.807, 2.05) is 0 Å². The molecule has 0 aromatic carbocycles. The molecule has 0 atom stereocenters. The first-order chi connectivity index (χ1) is 6.53. The molecule has 0 amide bonds. The molecule has 14 heavy (non-hydrogen) atoms. The molecule has 0 aliphatic heterocycles. The molecule has 0 heterocycles. The molecule has 1 rings (SSSR count). The van der Waals surface area contributed by atoms with Gasteiger partial charge in [-0.25, -0.2) is 13.1 Å². The van der Waals surface area contributed by atoms with Gasteiger partial charge in [0.25, 0.3) is 0 Å². The zero-order valence-electron chi connectivity index (χ0n) is 8.70. The molecule has 4 nitrogen and oxygen atoms in total. The largest absolute Gasteiger partial charge is 0.330 e. The highest BCUT2D eigenvalue weighted by atomic mass is 32.2. The van der Waals surface area contributed by atoms with Crippen LogP contribution in [0.3, 0.4) is 0 Å². The maximum atomic E-state index is 11.5. The van der Waals surface area contributed by atoms with E-state index in [1.165, 1.54) is 0 Å². The zero-order valence-corrected chi connectivity index (χ0v) is 9.52. The van der Waals surface area contributed by atoms with Crippen LogP contribution in [0.2, 0.25) is 0 Å². The van der Waals surface area contributed by atoms with Gasteiger partial charge in [0.05, 0.1) is 5.75 Å². The average molecular weight is 220 g/mol. The molecule has 84 valence electrons. The standard InChI is InChI=1S/C9H20N2O2S/c1-8-6-9(7-8)11-14(12,13)5-3-2-4-10/h8-9,11H,2-7,10H2,1H3. The van der Waals surface area contributed by atoms with Crippen LogP contribution in [0.5, 0.6) is 0 Å². The first-order valence-electron chi connectivity index (χ1n) is 5.23. The second-order valence-corrected chi connectivity index (χ2v) is 6.08. The number of hydrogen-bond donors (Lipinski definition) is 2. The van der Waals surface area contributed by atoms with Crippen molar-refractivity contribution in [1.29, 1.82) is 0 Å². The molecule has 0 unspecified atom stereocenters. The summed E-state index contributed by atoms with van der Waals surface area (Å²) >= 11 is 0. The van der Waals surface area contributed by atoms with Crippen LogP contribution in [0.25, 0.3) is 0 Å². The normalized spacial score (nSPS) is 27.3. The Morgan fingerprint density at radius 2 is 2.00 bits per heavy atom. The Kier molecular flexibility index (Phi) is 4.34. The molecule has 0 aromatic heterocycles. The molecule has 1 saturated carbocycles. The quantitative estimate of drug-likeness (QED) is 0.638. The number of unbranched alkanes of at least 4 members (excludes halogenated alkanes) is 1. The van der Waals surface area contributed by atoms with Crippen LogP contribution in [-0.2, 0) is 10.0 Å². The van der Waals surface area contributed by atoms with Crippen LogP contribution in [0, 0.1) is 5.92 Å². The summed E-state index contributed by atoms with van der Waals surface area (Å²) in [6.07, 6.45) is 3.41. The van der Waals surface area contributed by atoms with E-state index in [0.717, 1.165) is 19.3 Å². The summed E-state index contributed by atoms with van der Waals surface area (Å²) in [6.45, 7) is 2.70. The molecule has 0 spiro atoms. The smallest absolute Gasteiger partial charge is 0.211 e. The van der Waals surface area contributed by atoms with E-state index >= 15 is 0 Å². The van der Waals surface area contributed by atoms with Crippen LogP contribution >= 0.6 is 0 Å². The predicted octanol–water partition coefficient (Wildman–Crippen LogP) is 0.443. The SMILES string of the molecule is CC1CC(NS(=O)(=O)CCCCN)C1. The van der Waals surface area contributed by atoms with Gasteiger partial charge in [-0.2, -0.15) is 0 Å². The van der Waals surface area contributed by atoms with Crippen molar-refractivity contribution >= 4 is 10.0 Å². The molecule has 0 radical (unpaired) electrons. The summed E-state index contributed by atoms with van der Waals surface area (Å²) in [5.74, 6) is 0.890. The lowest BCUT2D eigenvalue weighted by Gasteiger charge is -2.32. The predicted molar refractivity (Wildman–Crippen MR) is 57.4 cm³/mol. The minimum Gasteiger partial charge on any atom is -0.330 e. The summed E-state index contributed by atoms with van der Waals surface area (Å²) in [4.78, 5) is 0. The third-order valence-electron chi connectivity index (χ3n) is 2.59. The van der Waals surface area contributed by atoms with E-state index in [9.17, 15) is 8.42 Å². The van der Waals surface area contributed by atoms with Gasteiger partial charge in [0, 0.05) is 6.04 Å². The number of rotatable bonds is 6. The minimum absolute atomic E-state index is 0.188. The Hall–Kier alpha value is -0.130. The summed E-state index contributed by atoms with van der Waals surface area (Å²) in [6, 6.07) is 0.188. The van der Waals surface area contributed by atoms with Gasteiger partial charge in [-0.15, -0.1) is 0 Å². The first-order valence-corrected chi connectivity index (χ1v) is 6.89. The van der Waals surface area contributed by atoms with Crippen molar-refractivity contribution < 1.29 is 8.42 Å². The Morgan fingerprint density at radius 3 is 2.50 bits per heavy atom. The lowest BCUT2D eigenvalue weighted by molar-refractivity contribution is 0.270. The molecule has 1 fully saturated rings. The Balaban J connectivity index is 2.21. The van der Waals surface area contributed by atoms with Gasteiger partial charge < -0.3 is 5.73 Å². The van der Waals surface area contributed by atoms with Crippen LogP contribution in [0.4, 0.5) is 0 Å². The summed E-state index contributed by atoms with van der Waals surface area (Å²) < 4.78 is 25.6. The van der Waals surface area contributed by atoms with Crippen LogP contribution < -0.4 is 10.5 Å². The molecule has 0 saturated heterocycles. The Morgan fingerprint density at radius 1 is 1.36 bits per heavy atom. The fourth-order valence-electron chi connectivity index (χ4n) is 1.75. The van der Waals surface area contributed by atoms with Crippen LogP contribution in [-0.4, -0.2) is 26.8 Å². The third kappa shape index (κ3) is 3.94. The second-order valence-electron chi connectivity index (χ2n) is 4.21. The number of sulfonamides is 1. The third-order valence-corrected chi connectivity index (χ3v) is 4.11. The van der Waals surface area contributed by atoms with Crippen molar-refractivity contribution in [2.45, 2.75) is 38.6 Å². The molecule has 1 aliphatic carbocycles. The Labute approximate surface area is 86.3 Å². The molecule has 0 aromatic rings. The minimum atomic E-state index is -3.04. The van der Waals surface area contributed by atoms with Crippen molar-refractivity contribution in [1.82, 2.24) is 4.72 Å². The topological polar surface area (TPSA) is 72.2 Å². The van der Waals surface area contributed by atoms with Crippen molar-refractivity contribution in [2.24, 2.45) is 11.7 Å². The lowest BCUT2D eigenvalue weighted by Crippen LogP contribution is -2.44. The van der Waals surface area contributed by atoms with Crippen molar-refractivity contribution in [3.05, 3.63) is 0 Å². The Bertz CT molecular complexity index is 258. The zero-order chi connectivity index (χ0) is 10.6. The van der Waals surface area contributed by atoms with Gasteiger partial charge in [0.15, 0.2) is 0 Å². The fourth-order valence-corrected chi connectivity index (χ4v) is 3.15. The highest BCUT2D eigenvalue weighted by Crippen LogP contribution is 2.26. The van der Waals surface area contributed by atoms with Gasteiger partial charge in [-0.1, -0.05) is 6.92 Å². The highest BCUT2D eigenvalue weighted by Gasteiger charge is 2.28. The maximum Gasteiger partial charge on any atom is 0.211 e. The summed E-state index contributed by atoms with van der Waals surface area (Å²) in [5, 5.41) is 0. The van der Waals surface area contributed by atoms with Crippen molar-refractivity contribution in [3.63, 3.8) is 0 Å². The molecule has 3 N–H and O–H groups in total. The van der Waals surface area contributed by atoms with Gasteiger partial charge in [0.2, 0.25) is 10.0 Å². The van der Waals surface area contributed by atoms with E-state index in [4.69, 9.17) is 5.73 Å². The molecule has 1 aliphatic rings.